The number of nitrogens with two attached hydrogens (primary N) is 1. The smallest absolute Gasteiger partial charge is 0.139 e. The Hall–Kier alpha value is -1.22. The monoisotopic (exact) mass is 281 g/mol. The van der Waals surface area contributed by atoms with Crippen LogP contribution in [0.25, 0.3) is 0 Å². The van der Waals surface area contributed by atoms with Gasteiger partial charge in [0.2, 0.25) is 0 Å². The molecule has 0 heterocycles. The molecular formula is C14H13Cl2NO. The molecule has 94 valence electrons. The average Bonchev–Trinajstić information content (AvgIpc) is 2.40. The largest absolute Gasteiger partial charge is 0.487 e. The first kappa shape index (κ1) is 13.2. The van der Waals surface area contributed by atoms with Gasteiger partial charge in [-0.25, -0.2) is 0 Å². The molecule has 0 spiro atoms. The van der Waals surface area contributed by atoms with Crippen molar-refractivity contribution in [3.63, 3.8) is 0 Å². The van der Waals surface area contributed by atoms with Crippen LogP contribution in [0.5, 0.6) is 5.75 Å². The average molecular weight is 282 g/mol. The minimum Gasteiger partial charge on any atom is -0.487 e. The Labute approximate surface area is 116 Å². The van der Waals surface area contributed by atoms with Crippen molar-refractivity contribution >= 4 is 23.2 Å². The van der Waals surface area contributed by atoms with Gasteiger partial charge in [0.05, 0.1) is 5.02 Å². The van der Waals surface area contributed by atoms with Crippen molar-refractivity contribution in [2.45, 2.75) is 13.2 Å². The molecule has 2 aromatic carbocycles. The number of benzene rings is 2. The van der Waals surface area contributed by atoms with Gasteiger partial charge in [-0.1, -0.05) is 47.5 Å². The predicted octanol–water partition coefficient (Wildman–Crippen LogP) is 4.03. The van der Waals surface area contributed by atoms with E-state index in [1.54, 1.807) is 18.2 Å². The summed E-state index contributed by atoms with van der Waals surface area (Å²) in [5.41, 5.74) is 7.69. The maximum absolute atomic E-state index is 6.01. The maximum atomic E-state index is 6.01. The molecule has 0 aromatic heterocycles. The Morgan fingerprint density at radius 1 is 0.944 bits per heavy atom. The molecule has 0 saturated heterocycles. The highest BCUT2D eigenvalue weighted by Gasteiger charge is 2.03. The van der Waals surface area contributed by atoms with Crippen LogP contribution in [0.2, 0.25) is 10.0 Å². The molecule has 0 saturated carbocycles. The Bertz CT molecular complexity index is 526. The summed E-state index contributed by atoms with van der Waals surface area (Å²) < 4.78 is 5.63. The highest BCUT2D eigenvalue weighted by Crippen LogP contribution is 2.28. The van der Waals surface area contributed by atoms with Crippen molar-refractivity contribution < 1.29 is 4.74 Å². The van der Waals surface area contributed by atoms with Crippen LogP contribution in [-0.4, -0.2) is 0 Å². The second kappa shape index (κ2) is 6.10. The van der Waals surface area contributed by atoms with E-state index in [0.717, 1.165) is 11.1 Å². The predicted molar refractivity (Wildman–Crippen MR) is 75.1 cm³/mol. The van der Waals surface area contributed by atoms with Gasteiger partial charge in [-0.15, -0.1) is 0 Å². The fraction of sp³-hybridized carbons (Fsp3) is 0.143. The molecule has 0 aliphatic rings. The third-order valence-corrected chi connectivity index (χ3v) is 3.09. The summed E-state index contributed by atoms with van der Waals surface area (Å²) in [6, 6.07) is 13.1. The van der Waals surface area contributed by atoms with E-state index in [4.69, 9.17) is 33.7 Å². The quantitative estimate of drug-likeness (QED) is 0.918. The van der Waals surface area contributed by atoms with Crippen molar-refractivity contribution in [3.8, 4) is 5.75 Å². The van der Waals surface area contributed by atoms with Crippen LogP contribution >= 0.6 is 23.2 Å². The topological polar surface area (TPSA) is 35.2 Å². The van der Waals surface area contributed by atoms with Gasteiger partial charge in [-0.05, 0) is 23.3 Å². The van der Waals surface area contributed by atoms with E-state index >= 15 is 0 Å². The third-order valence-electron chi connectivity index (χ3n) is 2.55. The van der Waals surface area contributed by atoms with Crippen LogP contribution in [0.15, 0.2) is 42.5 Å². The lowest BCUT2D eigenvalue weighted by Gasteiger charge is -2.08. The number of ether oxygens (including phenoxy) is 1. The molecule has 0 unspecified atom stereocenters. The van der Waals surface area contributed by atoms with Gasteiger partial charge in [-0.3, -0.25) is 0 Å². The van der Waals surface area contributed by atoms with Crippen molar-refractivity contribution in [1.29, 1.82) is 0 Å². The Morgan fingerprint density at radius 3 is 2.28 bits per heavy atom. The standard InChI is InChI=1S/C14H13Cl2NO/c15-12-5-6-13(16)14(7-12)18-9-11-3-1-10(8-17)2-4-11/h1-7H,8-9,17H2. The van der Waals surface area contributed by atoms with E-state index < -0.39 is 0 Å². The van der Waals surface area contributed by atoms with Gasteiger partial charge < -0.3 is 10.5 Å². The first-order chi connectivity index (χ1) is 8.69. The minimum atomic E-state index is 0.449. The van der Waals surface area contributed by atoms with E-state index in [1.165, 1.54) is 0 Å². The zero-order chi connectivity index (χ0) is 13.0. The molecule has 2 aromatic rings. The van der Waals surface area contributed by atoms with Gasteiger partial charge in [0, 0.05) is 17.6 Å². The molecule has 18 heavy (non-hydrogen) atoms. The number of hydrogen-bond donors (Lipinski definition) is 1. The lowest BCUT2D eigenvalue weighted by Crippen LogP contribution is -1.98. The van der Waals surface area contributed by atoms with Crippen LogP contribution in [0.1, 0.15) is 11.1 Å². The zero-order valence-corrected chi connectivity index (χ0v) is 11.2. The fourth-order valence-electron chi connectivity index (χ4n) is 1.52. The van der Waals surface area contributed by atoms with Gasteiger partial charge in [-0.2, -0.15) is 0 Å². The molecule has 2 rings (SSSR count). The van der Waals surface area contributed by atoms with Crippen LogP contribution in [0.3, 0.4) is 0 Å². The van der Waals surface area contributed by atoms with E-state index in [2.05, 4.69) is 0 Å². The molecule has 0 bridgehead atoms. The summed E-state index contributed by atoms with van der Waals surface area (Å²) in [5.74, 6) is 0.590. The summed E-state index contributed by atoms with van der Waals surface area (Å²) in [4.78, 5) is 0. The van der Waals surface area contributed by atoms with Gasteiger partial charge in [0.1, 0.15) is 12.4 Å². The first-order valence-corrected chi connectivity index (χ1v) is 6.30. The molecular weight excluding hydrogens is 269 g/mol. The van der Waals surface area contributed by atoms with Gasteiger partial charge >= 0.3 is 0 Å². The molecule has 2 N–H and O–H groups in total. The number of rotatable bonds is 4. The Kier molecular flexibility index (Phi) is 4.48. The van der Waals surface area contributed by atoms with E-state index in [0.29, 0.717) is 28.9 Å². The maximum Gasteiger partial charge on any atom is 0.139 e. The summed E-state index contributed by atoms with van der Waals surface area (Å²) in [6.07, 6.45) is 0. The Morgan fingerprint density at radius 2 is 1.61 bits per heavy atom. The summed E-state index contributed by atoms with van der Waals surface area (Å²) in [7, 11) is 0. The van der Waals surface area contributed by atoms with Crippen molar-refractivity contribution in [3.05, 3.63) is 63.6 Å². The molecule has 4 heteroatoms. The summed E-state index contributed by atoms with van der Waals surface area (Å²) >= 11 is 11.9. The van der Waals surface area contributed by atoms with E-state index in [-0.39, 0.29) is 0 Å². The molecule has 0 aliphatic carbocycles. The second-order valence-electron chi connectivity index (χ2n) is 3.88. The minimum absolute atomic E-state index is 0.449. The fourth-order valence-corrected chi connectivity index (χ4v) is 1.85. The molecule has 0 amide bonds. The third kappa shape index (κ3) is 3.39. The van der Waals surface area contributed by atoms with Gasteiger partial charge in [0.25, 0.3) is 0 Å². The van der Waals surface area contributed by atoms with E-state index in [9.17, 15) is 0 Å². The molecule has 0 aliphatic heterocycles. The van der Waals surface area contributed by atoms with Crippen LogP contribution in [-0.2, 0) is 13.2 Å². The van der Waals surface area contributed by atoms with E-state index in [1.807, 2.05) is 24.3 Å². The molecule has 0 radical (unpaired) electrons. The number of halogens is 2. The second-order valence-corrected chi connectivity index (χ2v) is 4.73. The first-order valence-electron chi connectivity index (χ1n) is 5.55. The zero-order valence-electron chi connectivity index (χ0n) is 9.70. The molecule has 2 nitrogen and oxygen atoms in total. The normalized spacial score (nSPS) is 10.4. The SMILES string of the molecule is NCc1ccc(COc2cc(Cl)ccc2Cl)cc1. The van der Waals surface area contributed by atoms with Gasteiger partial charge in [0.15, 0.2) is 0 Å². The lowest BCUT2D eigenvalue weighted by atomic mass is 10.1. The number of hydrogen-bond acceptors (Lipinski definition) is 2. The van der Waals surface area contributed by atoms with Crippen molar-refractivity contribution in [2.75, 3.05) is 0 Å². The van der Waals surface area contributed by atoms with Crippen LogP contribution < -0.4 is 10.5 Å². The highest BCUT2D eigenvalue weighted by atomic mass is 35.5. The molecule has 0 atom stereocenters. The highest BCUT2D eigenvalue weighted by molar-refractivity contribution is 6.34. The lowest BCUT2D eigenvalue weighted by molar-refractivity contribution is 0.306. The summed E-state index contributed by atoms with van der Waals surface area (Å²) in [5, 5.41) is 1.16. The van der Waals surface area contributed by atoms with Crippen LogP contribution in [0, 0.1) is 0 Å². The Balaban J connectivity index is 2.04. The molecule has 0 fully saturated rings. The summed E-state index contributed by atoms with van der Waals surface area (Å²) in [6.45, 7) is 0.992. The van der Waals surface area contributed by atoms with Crippen molar-refractivity contribution in [2.24, 2.45) is 5.73 Å². The van der Waals surface area contributed by atoms with Crippen LogP contribution in [0.4, 0.5) is 0 Å². The van der Waals surface area contributed by atoms with Crippen molar-refractivity contribution in [1.82, 2.24) is 0 Å².